The average molecular weight is 200 g/mol. The maximum absolute atomic E-state index is 5.94. The standard InChI is InChI=1S/C13H12O2/c1-2-4-10-8(3-1)7-9-5-6-11-13(15-11)12(9)14-10/h1-4,11,13H,5-7H2. The highest BCUT2D eigenvalue weighted by molar-refractivity contribution is 5.44. The smallest absolute Gasteiger partial charge is 0.142 e. The van der Waals surface area contributed by atoms with E-state index in [1.54, 1.807) is 0 Å². The van der Waals surface area contributed by atoms with E-state index in [1.807, 2.05) is 12.1 Å². The van der Waals surface area contributed by atoms with Crippen LogP contribution in [0.5, 0.6) is 5.75 Å². The Labute approximate surface area is 88.5 Å². The monoisotopic (exact) mass is 200 g/mol. The first-order valence-corrected chi connectivity index (χ1v) is 5.55. The van der Waals surface area contributed by atoms with E-state index < -0.39 is 0 Å². The first-order valence-electron chi connectivity index (χ1n) is 5.55. The van der Waals surface area contributed by atoms with Gasteiger partial charge in [0.2, 0.25) is 0 Å². The van der Waals surface area contributed by atoms with E-state index >= 15 is 0 Å². The number of rotatable bonds is 0. The van der Waals surface area contributed by atoms with Crippen LogP contribution in [-0.2, 0) is 11.2 Å². The van der Waals surface area contributed by atoms with Crippen LogP contribution in [0.15, 0.2) is 35.6 Å². The predicted octanol–water partition coefficient (Wildman–Crippen LogP) is 2.44. The highest BCUT2D eigenvalue weighted by Gasteiger charge is 2.48. The molecule has 1 fully saturated rings. The van der Waals surface area contributed by atoms with Crippen LogP contribution < -0.4 is 4.74 Å². The molecule has 0 aromatic heterocycles. The van der Waals surface area contributed by atoms with Crippen LogP contribution in [-0.4, -0.2) is 12.2 Å². The third-order valence-electron chi connectivity index (χ3n) is 3.52. The summed E-state index contributed by atoms with van der Waals surface area (Å²) in [6.45, 7) is 0. The molecular weight excluding hydrogens is 188 g/mol. The number of ether oxygens (including phenoxy) is 2. The van der Waals surface area contributed by atoms with E-state index in [2.05, 4.69) is 12.1 Å². The highest BCUT2D eigenvalue weighted by atomic mass is 16.6. The van der Waals surface area contributed by atoms with Gasteiger partial charge >= 0.3 is 0 Å². The van der Waals surface area contributed by atoms with Gasteiger partial charge in [-0.1, -0.05) is 18.2 Å². The Balaban J connectivity index is 1.78. The Bertz CT molecular complexity index is 461. The van der Waals surface area contributed by atoms with Crippen molar-refractivity contribution in [1.29, 1.82) is 0 Å². The van der Waals surface area contributed by atoms with Crippen molar-refractivity contribution in [2.45, 2.75) is 31.5 Å². The summed E-state index contributed by atoms with van der Waals surface area (Å²) in [6, 6.07) is 8.30. The van der Waals surface area contributed by atoms with Crippen molar-refractivity contribution in [3.05, 3.63) is 41.2 Å². The van der Waals surface area contributed by atoms with Crippen molar-refractivity contribution in [3.63, 3.8) is 0 Å². The second-order valence-electron chi connectivity index (χ2n) is 4.49. The molecule has 1 saturated heterocycles. The number of benzene rings is 1. The van der Waals surface area contributed by atoms with Crippen molar-refractivity contribution in [1.82, 2.24) is 0 Å². The molecule has 0 N–H and O–H groups in total. The summed E-state index contributed by atoms with van der Waals surface area (Å²) in [7, 11) is 0. The van der Waals surface area contributed by atoms with Gasteiger partial charge in [-0.3, -0.25) is 0 Å². The minimum atomic E-state index is 0.280. The number of allylic oxidation sites excluding steroid dienone is 1. The van der Waals surface area contributed by atoms with Crippen LogP contribution in [0.25, 0.3) is 0 Å². The van der Waals surface area contributed by atoms with Crippen molar-refractivity contribution in [3.8, 4) is 5.75 Å². The molecule has 0 bridgehead atoms. The number of epoxide rings is 1. The first kappa shape index (κ1) is 7.94. The Morgan fingerprint density at radius 1 is 1.20 bits per heavy atom. The maximum Gasteiger partial charge on any atom is 0.142 e. The van der Waals surface area contributed by atoms with Gasteiger partial charge < -0.3 is 9.47 Å². The average Bonchev–Trinajstić information content (AvgIpc) is 3.06. The second kappa shape index (κ2) is 2.64. The van der Waals surface area contributed by atoms with E-state index in [4.69, 9.17) is 9.47 Å². The SMILES string of the molecule is c1ccc2c(c1)CC1=C(O2)C2OC2CC1. The zero-order valence-electron chi connectivity index (χ0n) is 8.40. The van der Waals surface area contributed by atoms with Crippen LogP contribution >= 0.6 is 0 Å². The summed E-state index contributed by atoms with van der Waals surface area (Å²) >= 11 is 0. The summed E-state index contributed by atoms with van der Waals surface area (Å²) in [5, 5.41) is 0. The van der Waals surface area contributed by atoms with Crippen LogP contribution in [0, 0.1) is 0 Å². The summed E-state index contributed by atoms with van der Waals surface area (Å²) in [5.41, 5.74) is 2.77. The lowest BCUT2D eigenvalue weighted by Crippen LogP contribution is -2.19. The Hall–Kier alpha value is -1.28. The van der Waals surface area contributed by atoms with Gasteiger partial charge in [-0.2, -0.15) is 0 Å². The molecule has 2 heteroatoms. The summed E-state index contributed by atoms with van der Waals surface area (Å²) < 4.78 is 11.5. The van der Waals surface area contributed by atoms with Crippen molar-refractivity contribution < 1.29 is 9.47 Å². The molecule has 1 aliphatic carbocycles. The topological polar surface area (TPSA) is 21.8 Å². The summed E-state index contributed by atoms with van der Waals surface area (Å²) in [5.74, 6) is 2.14. The fourth-order valence-electron chi connectivity index (χ4n) is 2.64. The normalized spacial score (nSPS) is 31.2. The lowest BCUT2D eigenvalue weighted by Gasteiger charge is -2.24. The lowest BCUT2D eigenvalue weighted by molar-refractivity contribution is 0.322. The van der Waals surface area contributed by atoms with E-state index in [-0.39, 0.29) is 6.10 Å². The van der Waals surface area contributed by atoms with Crippen LogP contribution in [0.3, 0.4) is 0 Å². The Morgan fingerprint density at radius 3 is 3.13 bits per heavy atom. The molecule has 0 amide bonds. The van der Waals surface area contributed by atoms with Gasteiger partial charge in [-0.05, 0) is 30.0 Å². The van der Waals surface area contributed by atoms with Crippen molar-refractivity contribution >= 4 is 0 Å². The van der Waals surface area contributed by atoms with Crippen LogP contribution in [0.2, 0.25) is 0 Å². The largest absolute Gasteiger partial charge is 0.459 e. The molecule has 76 valence electrons. The van der Waals surface area contributed by atoms with Gasteiger partial charge in [0.15, 0.2) is 0 Å². The highest BCUT2D eigenvalue weighted by Crippen LogP contribution is 2.45. The molecule has 3 aliphatic rings. The molecule has 2 heterocycles. The minimum Gasteiger partial charge on any atom is -0.459 e. The molecule has 2 atom stereocenters. The predicted molar refractivity (Wildman–Crippen MR) is 55.7 cm³/mol. The fraction of sp³-hybridized carbons (Fsp3) is 0.385. The van der Waals surface area contributed by atoms with Gasteiger partial charge in [0.25, 0.3) is 0 Å². The molecule has 0 radical (unpaired) electrons. The molecule has 1 aromatic carbocycles. The molecule has 4 rings (SSSR count). The number of hydrogen-bond acceptors (Lipinski definition) is 2. The van der Waals surface area contributed by atoms with Crippen LogP contribution in [0.4, 0.5) is 0 Å². The van der Waals surface area contributed by atoms with E-state index in [0.29, 0.717) is 6.10 Å². The molecule has 2 unspecified atom stereocenters. The second-order valence-corrected chi connectivity index (χ2v) is 4.49. The van der Waals surface area contributed by atoms with Crippen molar-refractivity contribution in [2.75, 3.05) is 0 Å². The summed E-state index contributed by atoms with van der Waals surface area (Å²) in [4.78, 5) is 0. The molecule has 2 aliphatic heterocycles. The fourth-order valence-corrected chi connectivity index (χ4v) is 2.64. The molecule has 2 nitrogen and oxygen atoms in total. The number of para-hydroxylation sites is 1. The zero-order valence-corrected chi connectivity index (χ0v) is 8.40. The van der Waals surface area contributed by atoms with Crippen LogP contribution in [0.1, 0.15) is 18.4 Å². The number of fused-ring (bicyclic) bond motifs is 3. The number of hydrogen-bond donors (Lipinski definition) is 0. The van der Waals surface area contributed by atoms with Gasteiger partial charge in [-0.15, -0.1) is 0 Å². The zero-order chi connectivity index (χ0) is 9.83. The Morgan fingerprint density at radius 2 is 2.13 bits per heavy atom. The summed E-state index contributed by atoms with van der Waals surface area (Å²) in [6.07, 6.45) is 4.11. The van der Waals surface area contributed by atoms with Gasteiger partial charge in [-0.25, -0.2) is 0 Å². The lowest BCUT2D eigenvalue weighted by atomic mass is 9.90. The Kier molecular flexibility index (Phi) is 1.40. The molecular formula is C13H12O2. The third-order valence-corrected chi connectivity index (χ3v) is 3.52. The van der Waals surface area contributed by atoms with Gasteiger partial charge in [0, 0.05) is 6.42 Å². The van der Waals surface area contributed by atoms with E-state index in [0.717, 1.165) is 24.4 Å². The maximum atomic E-state index is 5.94. The first-order chi connectivity index (χ1) is 7.42. The minimum absolute atomic E-state index is 0.280. The van der Waals surface area contributed by atoms with Gasteiger partial charge in [0.05, 0.1) is 6.10 Å². The molecule has 0 spiro atoms. The van der Waals surface area contributed by atoms with E-state index in [9.17, 15) is 0 Å². The molecule has 1 aromatic rings. The molecule has 15 heavy (non-hydrogen) atoms. The van der Waals surface area contributed by atoms with Crippen molar-refractivity contribution in [2.24, 2.45) is 0 Å². The van der Waals surface area contributed by atoms with E-state index in [1.165, 1.54) is 17.6 Å². The quantitative estimate of drug-likeness (QED) is 0.600. The third kappa shape index (κ3) is 1.08. The van der Waals surface area contributed by atoms with Gasteiger partial charge in [0.1, 0.15) is 17.6 Å². The molecule has 0 saturated carbocycles.